The van der Waals surface area contributed by atoms with Gasteiger partial charge in [-0.25, -0.2) is 9.59 Å². The second kappa shape index (κ2) is 17.8. The lowest BCUT2D eigenvalue weighted by Gasteiger charge is -2.31. The van der Waals surface area contributed by atoms with Crippen molar-refractivity contribution in [1.29, 1.82) is 0 Å². The van der Waals surface area contributed by atoms with Crippen molar-refractivity contribution in [2.24, 2.45) is 23.5 Å². The number of carbonyl (C=O) groups is 5. The summed E-state index contributed by atoms with van der Waals surface area (Å²) in [6, 6.07) is 14.9. The van der Waals surface area contributed by atoms with E-state index in [9.17, 15) is 32.3 Å². The number of halogens is 3. The van der Waals surface area contributed by atoms with Crippen LogP contribution < -0.4 is 21.9 Å². The number of hydrogen-bond acceptors (Lipinski definition) is 7. The minimum Gasteiger partial charge on any atom is -0.475 e. The average Bonchev–Trinajstić information content (AvgIpc) is 3.38. The highest BCUT2D eigenvalue weighted by atomic mass is 19.4. The molecule has 0 aromatic heterocycles. The maximum Gasteiger partial charge on any atom is 0.490 e. The third kappa shape index (κ3) is 11.2. The van der Waals surface area contributed by atoms with Crippen LogP contribution in [0.25, 0.3) is 11.1 Å². The SMILES string of the molecule is CC(C)C[C@H](N)C(=O)N[C@H](CC(C)C)C(=O)NNC(=O)C1CCN(C(=O)OCC2c3ccccc3-c3ccccc32)CC1.O=C(O)C(F)(F)F. The molecule has 2 atom stereocenters. The molecule has 4 amide bonds. The minimum absolute atomic E-state index is 0.0153. The number of nitrogens with one attached hydrogen (secondary N) is 3. The van der Waals surface area contributed by atoms with Gasteiger partial charge in [0.05, 0.1) is 6.04 Å². The number of aliphatic carboxylic acids is 1. The van der Waals surface area contributed by atoms with Crippen molar-refractivity contribution >= 4 is 29.8 Å². The molecular formula is C35H46F3N5O7. The Labute approximate surface area is 289 Å². The number of hydrazine groups is 1. The molecule has 0 saturated carbocycles. The third-order valence-corrected chi connectivity index (χ3v) is 8.41. The fraction of sp³-hybridized carbons (Fsp3) is 0.514. The summed E-state index contributed by atoms with van der Waals surface area (Å²) < 4.78 is 37.5. The number of ether oxygens (including phenoxy) is 1. The van der Waals surface area contributed by atoms with Crippen LogP contribution in [0.3, 0.4) is 0 Å². The average molecular weight is 706 g/mol. The van der Waals surface area contributed by atoms with Gasteiger partial charge >= 0.3 is 18.2 Å². The van der Waals surface area contributed by atoms with E-state index in [0.717, 1.165) is 11.1 Å². The number of carboxylic acids is 1. The highest BCUT2D eigenvalue weighted by Gasteiger charge is 2.38. The van der Waals surface area contributed by atoms with Crippen molar-refractivity contribution in [1.82, 2.24) is 21.1 Å². The zero-order valence-electron chi connectivity index (χ0n) is 28.6. The predicted molar refractivity (Wildman–Crippen MR) is 178 cm³/mol. The summed E-state index contributed by atoms with van der Waals surface area (Å²) in [6.07, 6.45) is -3.67. The monoisotopic (exact) mass is 705 g/mol. The summed E-state index contributed by atoms with van der Waals surface area (Å²) in [5, 5.41) is 9.86. The molecule has 15 heteroatoms. The Balaban J connectivity index is 0.000000872. The predicted octanol–water partition coefficient (Wildman–Crippen LogP) is 4.33. The number of rotatable bonds is 10. The lowest BCUT2D eigenvalue weighted by molar-refractivity contribution is -0.192. The molecule has 1 aliphatic carbocycles. The number of carboxylic acid groups (broad SMARTS) is 1. The lowest BCUT2D eigenvalue weighted by Crippen LogP contribution is -2.56. The van der Waals surface area contributed by atoms with Crippen LogP contribution in [0.5, 0.6) is 0 Å². The van der Waals surface area contributed by atoms with Crippen molar-refractivity contribution in [2.45, 2.75) is 77.6 Å². The molecule has 0 unspecified atom stereocenters. The van der Waals surface area contributed by atoms with Gasteiger partial charge in [0, 0.05) is 24.9 Å². The largest absolute Gasteiger partial charge is 0.490 e. The molecule has 2 aliphatic rings. The molecule has 1 saturated heterocycles. The molecule has 274 valence electrons. The van der Waals surface area contributed by atoms with E-state index in [0.29, 0.717) is 38.8 Å². The first-order chi connectivity index (χ1) is 23.5. The Morgan fingerprint density at radius 1 is 0.860 bits per heavy atom. The molecule has 1 heterocycles. The van der Waals surface area contributed by atoms with E-state index >= 15 is 0 Å². The number of benzene rings is 2. The topological polar surface area (TPSA) is 180 Å². The summed E-state index contributed by atoms with van der Waals surface area (Å²) >= 11 is 0. The maximum atomic E-state index is 12.9. The van der Waals surface area contributed by atoms with E-state index in [4.69, 9.17) is 20.4 Å². The molecular weight excluding hydrogens is 659 g/mol. The summed E-state index contributed by atoms with van der Waals surface area (Å²) in [6.45, 7) is 8.85. The first kappa shape index (κ1) is 39.8. The molecule has 0 spiro atoms. The number of alkyl halides is 3. The first-order valence-corrected chi connectivity index (χ1v) is 16.5. The number of carbonyl (C=O) groups excluding carboxylic acids is 4. The number of hydrogen-bond donors (Lipinski definition) is 5. The van der Waals surface area contributed by atoms with Crippen LogP contribution in [0.2, 0.25) is 0 Å². The number of nitrogens with zero attached hydrogens (tertiary/aromatic N) is 1. The second-order valence-corrected chi connectivity index (χ2v) is 13.3. The fourth-order valence-corrected chi connectivity index (χ4v) is 5.92. The van der Waals surface area contributed by atoms with Gasteiger partial charge in [-0.2, -0.15) is 13.2 Å². The van der Waals surface area contributed by atoms with Crippen LogP contribution in [-0.2, 0) is 23.9 Å². The van der Waals surface area contributed by atoms with E-state index in [2.05, 4.69) is 40.4 Å². The van der Waals surface area contributed by atoms with E-state index < -0.39 is 36.2 Å². The van der Waals surface area contributed by atoms with Crippen molar-refractivity contribution in [3.05, 3.63) is 59.7 Å². The van der Waals surface area contributed by atoms with Gasteiger partial charge in [-0.3, -0.25) is 25.2 Å². The van der Waals surface area contributed by atoms with Crippen LogP contribution in [0.4, 0.5) is 18.0 Å². The maximum absolute atomic E-state index is 12.9. The van der Waals surface area contributed by atoms with Gasteiger partial charge in [-0.15, -0.1) is 0 Å². The number of amides is 4. The lowest BCUT2D eigenvalue weighted by atomic mass is 9.96. The van der Waals surface area contributed by atoms with Gasteiger partial charge in [0.25, 0.3) is 5.91 Å². The van der Waals surface area contributed by atoms with Gasteiger partial charge in [-0.05, 0) is 59.8 Å². The summed E-state index contributed by atoms with van der Waals surface area (Å²) in [4.78, 5) is 61.7. The van der Waals surface area contributed by atoms with Crippen LogP contribution in [0, 0.1) is 17.8 Å². The standard InChI is InChI=1S/C33H45N5O5.C2HF3O2/c1-20(2)17-28(34)31(40)35-29(18-21(3)4)32(41)37-36-30(39)22-13-15-38(16-14-22)33(42)43-19-27-25-11-7-5-9-23(25)24-10-6-8-12-26(24)27;3-2(4,5)1(6)7/h5-12,20-22,27-29H,13-19,34H2,1-4H3,(H,35,40)(H,36,39)(H,37,41);(H,6,7)/t28-,29+;/m0./s1. The zero-order valence-corrected chi connectivity index (χ0v) is 28.6. The van der Waals surface area contributed by atoms with E-state index in [1.165, 1.54) is 11.1 Å². The van der Waals surface area contributed by atoms with Crippen molar-refractivity contribution in [3.8, 4) is 11.1 Å². The highest BCUT2D eigenvalue weighted by Crippen LogP contribution is 2.44. The van der Waals surface area contributed by atoms with Crippen LogP contribution >= 0.6 is 0 Å². The van der Waals surface area contributed by atoms with Gasteiger partial charge in [0.15, 0.2) is 0 Å². The first-order valence-electron chi connectivity index (χ1n) is 16.5. The van der Waals surface area contributed by atoms with Crippen LogP contribution in [-0.4, -0.2) is 77.7 Å². The Hall–Kier alpha value is -4.66. The number of piperidine rings is 1. The van der Waals surface area contributed by atoms with E-state index in [-0.39, 0.29) is 42.1 Å². The second-order valence-electron chi connectivity index (χ2n) is 13.3. The van der Waals surface area contributed by atoms with Gasteiger partial charge in [0.1, 0.15) is 12.6 Å². The summed E-state index contributed by atoms with van der Waals surface area (Å²) in [7, 11) is 0. The zero-order chi connectivity index (χ0) is 37.2. The number of likely N-dealkylation sites (tertiary alicyclic amines) is 1. The van der Waals surface area contributed by atoms with Gasteiger partial charge in [-0.1, -0.05) is 76.2 Å². The van der Waals surface area contributed by atoms with Crippen molar-refractivity contribution < 1.29 is 47.0 Å². The highest BCUT2D eigenvalue weighted by molar-refractivity contribution is 5.91. The van der Waals surface area contributed by atoms with E-state index in [1.807, 2.05) is 52.0 Å². The molecule has 2 aromatic carbocycles. The molecule has 1 aliphatic heterocycles. The molecule has 2 aromatic rings. The quantitative estimate of drug-likeness (QED) is 0.227. The molecule has 0 bridgehead atoms. The molecule has 6 N–H and O–H groups in total. The Morgan fingerprint density at radius 3 is 1.84 bits per heavy atom. The van der Waals surface area contributed by atoms with Gasteiger partial charge < -0.3 is 25.8 Å². The fourth-order valence-electron chi connectivity index (χ4n) is 5.92. The van der Waals surface area contributed by atoms with Crippen LogP contribution in [0.1, 0.15) is 70.4 Å². The molecule has 0 radical (unpaired) electrons. The Bertz CT molecular complexity index is 1460. The molecule has 12 nitrogen and oxygen atoms in total. The smallest absolute Gasteiger partial charge is 0.475 e. The van der Waals surface area contributed by atoms with E-state index in [1.54, 1.807) is 4.90 Å². The summed E-state index contributed by atoms with van der Waals surface area (Å²) in [5.74, 6) is -3.97. The van der Waals surface area contributed by atoms with Crippen molar-refractivity contribution in [3.63, 3.8) is 0 Å². The van der Waals surface area contributed by atoms with Crippen LogP contribution in [0.15, 0.2) is 48.5 Å². The third-order valence-electron chi connectivity index (χ3n) is 8.41. The Morgan fingerprint density at radius 2 is 1.36 bits per heavy atom. The Kier molecular flexibility index (Phi) is 14.2. The normalized spacial score (nSPS) is 15.6. The molecule has 1 fully saturated rings. The summed E-state index contributed by atoms with van der Waals surface area (Å²) in [5.41, 5.74) is 15.6. The molecule has 4 rings (SSSR count). The number of nitrogens with two attached hydrogens (primary N) is 1. The van der Waals surface area contributed by atoms with Crippen molar-refractivity contribution in [2.75, 3.05) is 19.7 Å². The number of fused-ring (bicyclic) bond motifs is 3. The van der Waals surface area contributed by atoms with Gasteiger partial charge in [0.2, 0.25) is 11.8 Å². The minimum atomic E-state index is -5.08. The molecule has 50 heavy (non-hydrogen) atoms.